The Morgan fingerprint density at radius 1 is 1.11 bits per heavy atom. The van der Waals surface area contributed by atoms with Gasteiger partial charge in [0.05, 0.1) is 19.3 Å². The van der Waals surface area contributed by atoms with E-state index < -0.39 is 12.4 Å². The van der Waals surface area contributed by atoms with E-state index in [1.807, 2.05) is 37.3 Å². The molecule has 0 aliphatic carbocycles. The maximum Gasteiger partial charge on any atom is 0.184 e. The maximum atomic E-state index is 10.2. The van der Waals surface area contributed by atoms with Crippen LogP contribution in [-0.4, -0.2) is 36.6 Å². The lowest BCUT2D eigenvalue weighted by molar-refractivity contribution is -0.307. The van der Waals surface area contributed by atoms with Crippen molar-refractivity contribution in [2.24, 2.45) is 5.92 Å². The monoisotopic (exact) mass is 250 g/mol. The van der Waals surface area contributed by atoms with Crippen LogP contribution in [0.1, 0.15) is 18.8 Å². The van der Waals surface area contributed by atoms with Crippen molar-refractivity contribution in [3.05, 3.63) is 35.9 Å². The van der Waals surface area contributed by atoms with Crippen LogP contribution in [0, 0.1) is 5.92 Å². The minimum atomic E-state index is -0.487. The van der Waals surface area contributed by atoms with Gasteiger partial charge < -0.3 is 19.3 Å². The van der Waals surface area contributed by atoms with E-state index in [1.165, 1.54) is 0 Å². The molecule has 0 saturated carbocycles. The highest BCUT2D eigenvalue weighted by atomic mass is 16.7. The molecule has 5 atom stereocenters. The molecule has 1 unspecified atom stereocenters. The second-order valence-corrected chi connectivity index (χ2v) is 5.02. The van der Waals surface area contributed by atoms with E-state index in [2.05, 4.69) is 0 Å². The summed E-state index contributed by atoms with van der Waals surface area (Å²) >= 11 is 0. The molecule has 3 rings (SSSR count). The average Bonchev–Trinajstić information content (AvgIpc) is 2.44. The Hall–Kier alpha value is -0.940. The van der Waals surface area contributed by atoms with E-state index >= 15 is 0 Å². The fraction of sp³-hybridized carbons (Fsp3) is 0.571. The molecule has 1 aromatic rings. The van der Waals surface area contributed by atoms with Crippen molar-refractivity contribution in [2.75, 3.05) is 13.2 Å². The summed E-state index contributed by atoms with van der Waals surface area (Å²) in [6.45, 7) is 3.00. The average molecular weight is 250 g/mol. The molecule has 1 N–H and O–H groups in total. The first kappa shape index (κ1) is 12.1. The van der Waals surface area contributed by atoms with Gasteiger partial charge in [-0.1, -0.05) is 37.3 Å². The lowest BCUT2D eigenvalue weighted by atomic mass is 9.93. The quantitative estimate of drug-likeness (QED) is 0.820. The van der Waals surface area contributed by atoms with Gasteiger partial charge in [-0.2, -0.15) is 0 Å². The lowest BCUT2D eigenvalue weighted by Crippen LogP contribution is -2.55. The van der Waals surface area contributed by atoms with Crippen molar-refractivity contribution >= 4 is 0 Å². The largest absolute Gasteiger partial charge is 0.390 e. The summed E-state index contributed by atoms with van der Waals surface area (Å²) in [6.07, 6.45) is -1.35. The minimum absolute atomic E-state index is 0.0979. The molecule has 2 heterocycles. The van der Waals surface area contributed by atoms with Crippen LogP contribution >= 0.6 is 0 Å². The van der Waals surface area contributed by atoms with E-state index in [9.17, 15) is 5.11 Å². The topological polar surface area (TPSA) is 47.9 Å². The molecule has 4 heteroatoms. The molecule has 2 fully saturated rings. The normalized spacial score (nSPS) is 40.2. The van der Waals surface area contributed by atoms with E-state index in [-0.39, 0.29) is 18.1 Å². The van der Waals surface area contributed by atoms with Gasteiger partial charge in [-0.3, -0.25) is 0 Å². The van der Waals surface area contributed by atoms with Gasteiger partial charge in [0.1, 0.15) is 12.2 Å². The molecule has 0 bridgehead atoms. The van der Waals surface area contributed by atoms with Crippen molar-refractivity contribution in [3.63, 3.8) is 0 Å². The third kappa shape index (κ3) is 2.17. The lowest BCUT2D eigenvalue weighted by Gasteiger charge is -2.44. The number of ether oxygens (including phenoxy) is 3. The smallest absolute Gasteiger partial charge is 0.184 e. The zero-order chi connectivity index (χ0) is 12.5. The molecule has 18 heavy (non-hydrogen) atoms. The molecule has 98 valence electrons. The molecule has 2 aliphatic rings. The summed E-state index contributed by atoms with van der Waals surface area (Å²) in [5.41, 5.74) is 0.973. The predicted molar refractivity (Wildman–Crippen MR) is 64.9 cm³/mol. The van der Waals surface area contributed by atoms with Crippen molar-refractivity contribution in [1.82, 2.24) is 0 Å². The molecule has 0 aromatic heterocycles. The Labute approximate surface area is 106 Å². The number of hydrogen-bond donors (Lipinski definition) is 1. The van der Waals surface area contributed by atoms with E-state index in [1.54, 1.807) is 0 Å². The van der Waals surface area contributed by atoms with Crippen LogP contribution in [-0.2, 0) is 14.2 Å². The summed E-state index contributed by atoms with van der Waals surface area (Å²) in [6, 6.07) is 9.78. The number of benzene rings is 1. The number of rotatable bonds is 1. The summed E-state index contributed by atoms with van der Waals surface area (Å²) in [7, 11) is 0. The van der Waals surface area contributed by atoms with Gasteiger partial charge in [0.2, 0.25) is 0 Å². The molecule has 2 aliphatic heterocycles. The Balaban J connectivity index is 1.75. The van der Waals surface area contributed by atoms with Crippen LogP contribution in [0.4, 0.5) is 0 Å². The molecule has 4 nitrogen and oxygen atoms in total. The molecule has 1 aromatic carbocycles. The fourth-order valence-electron chi connectivity index (χ4n) is 2.47. The van der Waals surface area contributed by atoms with Crippen LogP contribution in [0.15, 0.2) is 30.3 Å². The number of hydrogen-bond acceptors (Lipinski definition) is 4. The summed E-state index contributed by atoms with van der Waals surface area (Å²) in [4.78, 5) is 0. The van der Waals surface area contributed by atoms with Gasteiger partial charge in [-0.05, 0) is 0 Å². The van der Waals surface area contributed by atoms with Gasteiger partial charge >= 0.3 is 0 Å². The second-order valence-electron chi connectivity index (χ2n) is 5.02. The van der Waals surface area contributed by atoms with E-state index in [0.29, 0.717) is 13.2 Å². The summed E-state index contributed by atoms with van der Waals surface area (Å²) in [5.74, 6) is 0.0979. The van der Waals surface area contributed by atoms with Crippen LogP contribution in [0.25, 0.3) is 0 Å². The summed E-state index contributed by atoms with van der Waals surface area (Å²) < 4.78 is 17.2. The zero-order valence-electron chi connectivity index (χ0n) is 10.4. The van der Waals surface area contributed by atoms with Crippen molar-refractivity contribution in [3.8, 4) is 0 Å². The highest BCUT2D eigenvalue weighted by Crippen LogP contribution is 2.33. The van der Waals surface area contributed by atoms with E-state index in [0.717, 1.165) is 5.56 Å². The van der Waals surface area contributed by atoms with Crippen LogP contribution in [0.2, 0.25) is 0 Å². The van der Waals surface area contributed by atoms with Crippen molar-refractivity contribution < 1.29 is 19.3 Å². The number of aliphatic hydroxyl groups excluding tert-OH is 1. The number of fused-ring (bicyclic) bond motifs is 1. The van der Waals surface area contributed by atoms with Gasteiger partial charge in [0.15, 0.2) is 6.29 Å². The SMILES string of the molecule is C[C@H]1CO[C@@H]2COC(c3ccccc3)O[C@H]2[C@@H]1O. The summed E-state index contributed by atoms with van der Waals surface area (Å²) in [5, 5.41) is 10.2. The molecular weight excluding hydrogens is 232 g/mol. The first-order chi connectivity index (χ1) is 8.75. The van der Waals surface area contributed by atoms with Crippen molar-refractivity contribution in [1.29, 1.82) is 0 Å². The molecule has 2 saturated heterocycles. The Kier molecular flexibility index (Phi) is 3.35. The van der Waals surface area contributed by atoms with Crippen molar-refractivity contribution in [2.45, 2.75) is 31.5 Å². The van der Waals surface area contributed by atoms with Crippen LogP contribution in [0.5, 0.6) is 0 Å². The first-order valence-electron chi connectivity index (χ1n) is 6.37. The Bertz CT molecular complexity index is 392. The standard InChI is InChI=1S/C14H18O4/c1-9-7-16-11-8-17-14(18-13(11)12(9)15)10-5-3-2-4-6-10/h2-6,9,11-15H,7-8H2,1H3/t9-,11+,12+,13+,14?/m0/s1. The number of aliphatic hydroxyl groups is 1. The Morgan fingerprint density at radius 3 is 2.67 bits per heavy atom. The maximum absolute atomic E-state index is 10.2. The highest BCUT2D eigenvalue weighted by Gasteiger charge is 2.43. The molecular formula is C14H18O4. The van der Waals surface area contributed by atoms with Crippen LogP contribution < -0.4 is 0 Å². The van der Waals surface area contributed by atoms with Gasteiger partial charge in [-0.25, -0.2) is 0 Å². The van der Waals surface area contributed by atoms with E-state index in [4.69, 9.17) is 14.2 Å². The second kappa shape index (κ2) is 4.97. The van der Waals surface area contributed by atoms with Gasteiger partial charge in [0.25, 0.3) is 0 Å². The van der Waals surface area contributed by atoms with Gasteiger partial charge in [0, 0.05) is 11.5 Å². The third-order valence-electron chi connectivity index (χ3n) is 3.62. The first-order valence-corrected chi connectivity index (χ1v) is 6.37. The molecule has 0 spiro atoms. The minimum Gasteiger partial charge on any atom is -0.390 e. The Morgan fingerprint density at radius 2 is 1.89 bits per heavy atom. The van der Waals surface area contributed by atoms with Gasteiger partial charge in [-0.15, -0.1) is 0 Å². The molecule has 0 radical (unpaired) electrons. The predicted octanol–water partition coefficient (Wildman–Crippen LogP) is 1.50. The molecule has 0 amide bonds. The third-order valence-corrected chi connectivity index (χ3v) is 3.62. The highest BCUT2D eigenvalue weighted by molar-refractivity contribution is 5.16. The van der Waals surface area contributed by atoms with Crippen LogP contribution in [0.3, 0.4) is 0 Å². The fourth-order valence-corrected chi connectivity index (χ4v) is 2.47. The zero-order valence-corrected chi connectivity index (χ0v) is 10.4.